The highest BCUT2D eigenvalue weighted by Gasteiger charge is 2.53. The zero-order valence-electron chi connectivity index (χ0n) is 15.8. The first-order chi connectivity index (χ1) is 12.9. The van der Waals surface area contributed by atoms with Gasteiger partial charge < -0.3 is 5.73 Å². The first kappa shape index (κ1) is 17.8. The lowest BCUT2D eigenvalue weighted by molar-refractivity contribution is -0.134. The quantitative estimate of drug-likeness (QED) is 0.827. The lowest BCUT2D eigenvalue weighted by atomic mass is 9.79. The number of hydrogen-bond donors (Lipinski definition) is 1. The maximum absolute atomic E-state index is 13.0. The molecule has 1 fully saturated rings. The Balaban J connectivity index is 1.76. The molecule has 2 aromatic rings. The van der Waals surface area contributed by atoms with Crippen LogP contribution < -0.4 is 5.73 Å². The Morgan fingerprint density at radius 1 is 1.30 bits per heavy atom. The van der Waals surface area contributed by atoms with Crippen LogP contribution in [0.5, 0.6) is 0 Å². The van der Waals surface area contributed by atoms with Gasteiger partial charge in [-0.25, -0.2) is 4.99 Å². The molecule has 1 saturated carbocycles. The van der Waals surface area contributed by atoms with Crippen LogP contribution in [0.1, 0.15) is 37.1 Å². The van der Waals surface area contributed by atoms with Gasteiger partial charge in [0.05, 0.1) is 5.92 Å². The molecule has 0 bridgehead atoms. The molecule has 4 rings (SSSR count). The Kier molecular flexibility index (Phi) is 4.32. The van der Waals surface area contributed by atoms with E-state index in [0.717, 1.165) is 33.7 Å². The largest absolute Gasteiger partial charge is 0.369 e. The summed E-state index contributed by atoms with van der Waals surface area (Å²) in [6.07, 6.45) is 2.18. The highest BCUT2D eigenvalue weighted by Crippen LogP contribution is 2.52. The van der Waals surface area contributed by atoms with Crippen LogP contribution in [0.3, 0.4) is 0 Å². The molecule has 2 N–H and O–H groups in total. The first-order valence-corrected chi connectivity index (χ1v) is 10.0. The van der Waals surface area contributed by atoms with Gasteiger partial charge in [0, 0.05) is 22.4 Å². The molecule has 2 heterocycles. The summed E-state index contributed by atoms with van der Waals surface area (Å²) in [6, 6.07) is 12.4. The summed E-state index contributed by atoms with van der Waals surface area (Å²) < 4.78 is 0. The summed E-state index contributed by atoms with van der Waals surface area (Å²) in [4.78, 5) is 21.5. The van der Waals surface area contributed by atoms with Gasteiger partial charge in [-0.2, -0.15) is 0 Å². The molecule has 1 aromatic heterocycles. The fourth-order valence-corrected chi connectivity index (χ4v) is 5.04. The van der Waals surface area contributed by atoms with Crippen LogP contribution in [-0.4, -0.2) is 23.8 Å². The summed E-state index contributed by atoms with van der Waals surface area (Å²) >= 11 is 1.69. The zero-order valence-corrected chi connectivity index (χ0v) is 16.6. The number of hydrogen-bond acceptors (Lipinski definition) is 4. The van der Waals surface area contributed by atoms with E-state index in [1.807, 2.05) is 19.1 Å². The van der Waals surface area contributed by atoms with Crippen LogP contribution in [0.15, 0.2) is 41.4 Å². The molecule has 1 aliphatic carbocycles. The van der Waals surface area contributed by atoms with Crippen LogP contribution in [0, 0.1) is 23.7 Å². The minimum atomic E-state index is -0.599. The van der Waals surface area contributed by atoms with Crippen molar-refractivity contribution >= 4 is 23.2 Å². The predicted molar refractivity (Wildman–Crippen MR) is 110 cm³/mol. The summed E-state index contributed by atoms with van der Waals surface area (Å²) in [5.74, 6) is 6.70. The minimum absolute atomic E-state index is 0.0858. The Bertz CT molecular complexity index is 992. The highest BCUT2D eigenvalue weighted by atomic mass is 32.1. The van der Waals surface area contributed by atoms with Crippen molar-refractivity contribution in [2.24, 2.45) is 22.6 Å². The molecule has 4 nitrogen and oxygen atoms in total. The van der Waals surface area contributed by atoms with Crippen LogP contribution in [0.4, 0.5) is 0 Å². The summed E-state index contributed by atoms with van der Waals surface area (Å²) in [6.45, 7) is 3.90. The number of guanidine groups is 1. The van der Waals surface area contributed by atoms with Gasteiger partial charge in [-0.1, -0.05) is 18.1 Å². The molecule has 1 aliphatic heterocycles. The number of aliphatic imine (C=N–C) groups is 1. The second-order valence-electron chi connectivity index (χ2n) is 7.45. The maximum atomic E-state index is 13.0. The lowest BCUT2D eigenvalue weighted by Crippen LogP contribution is -2.54. The van der Waals surface area contributed by atoms with Gasteiger partial charge in [0.15, 0.2) is 5.96 Å². The summed E-state index contributed by atoms with van der Waals surface area (Å²) in [5, 5.41) is 0. The molecule has 0 radical (unpaired) electrons. The second kappa shape index (κ2) is 6.54. The average molecular weight is 378 g/mol. The molecule has 138 valence electrons. The number of rotatable bonds is 3. The van der Waals surface area contributed by atoms with Gasteiger partial charge in [-0.15, -0.1) is 17.3 Å². The van der Waals surface area contributed by atoms with Gasteiger partial charge in [0.2, 0.25) is 5.91 Å². The number of benzene rings is 1. The standard InChI is InChI=1S/C22H23N3OS/c1-4-6-14-7-5-8-16(13-14)17-11-12-18(27-17)22(2)19(15-9-10-15)20(26)25(3)21(23)24-22/h5,7-8,11-13,15,19H,9-10H2,1-3H3,(H2,23,24)/t19-,22-/m1/s1. The van der Waals surface area contributed by atoms with E-state index >= 15 is 0 Å². The van der Waals surface area contributed by atoms with Crippen molar-refractivity contribution in [3.63, 3.8) is 0 Å². The molecule has 1 aromatic carbocycles. The Hall–Kier alpha value is -2.58. The molecule has 0 saturated heterocycles. The number of thiophene rings is 1. The van der Waals surface area contributed by atoms with E-state index in [4.69, 9.17) is 10.7 Å². The van der Waals surface area contributed by atoms with Crippen molar-refractivity contribution in [2.45, 2.75) is 32.2 Å². The predicted octanol–water partition coefficient (Wildman–Crippen LogP) is 3.81. The van der Waals surface area contributed by atoms with Crippen LogP contribution in [0.25, 0.3) is 10.4 Å². The molecule has 27 heavy (non-hydrogen) atoms. The molecule has 0 spiro atoms. The number of nitrogens with two attached hydrogens (primary N) is 1. The Labute approximate surface area is 164 Å². The maximum Gasteiger partial charge on any atom is 0.235 e. The third kappa shape index (κ3) is 3.04. The van der Waals surface area contributed by atoms with Gasteiger partial charge in [0.1, 0.15) is 5.54 Å². The smallest absolute Gasteiger partial charge is 0.235 e. The topological polar surface area (TPSA) is 58.7 Å². The van der Waals surface area contributed by atoms with Crippen molar-refractivity contribution in [1.29, 1.82) is 0 Å². The van der Waals surface area contributed by atoms with Gasteiger partial charge in [0.25, 0.3) is 0 Å². The van der Waals surface area contributed by atoms with Crippen molar-refractivity contribution in [2.75, 3.05) is 7.05 Å². The first-order valence-electron chi connectivity index (χ1n) is 9.20. The number of nitrogens with zero attached hydrogens (tertiary/aromatic N) is 2. The van der Waals surface area contributed by atoms with E-state index in [1.54, 1.807) is 18.4 Å². The third-order valence-corrected chi connectivity index (χ3v) is 6.87. The second-order valence-corrected chi connectivity index (χ2v) is 8.53. The Morgan fingerprint density at radius 2 is 2.07 bits per heavy atom. The molecule has 2 aliphatic rings. The third-order valence-electron chi connectivity index (χ3n) is 5.51. The fraction of sp³-hybridized carbons (Fsp3) is 0.364. The highest BCUT2D eigenvalue weighted by molar-refractivity contribution is 7.15. The minimum Gasteiger partial charge on any atom is -0.369 e. The molecule has 1 amide bonds. The SMILES string of the molecule is CC#Cc1cccc(-c2ccc([C@@]3(C)N=C(N)N(C)C(=O)[C@H]3C3CC3)s2)c1. The van der Waals surface area contributed by atoms with Crippen LogP contribution in [0.2, 0.25) is 0 Å². The van der Waals surface area contributed by atoms with Crippen molar-refractivity contribution in [3.05, 3.63) is 46.8 Å². The average Bonchev–Trinajstić information content (AvgIpc) is 3.33. The van der Waals surface area contributed by atoms with E-state index < -0.39 is 5.54 Å². The van der Waals surface area contributed by atoms with E-state index in [0.29, 0.717) is 11.9 Å². The van der Waals surface area contributed by atoms with Crippen molar-refractivity contribution < 1.29 is 4.79 Å². The van der Waals surface area contributed by atoms with Gasteiger partial charge in [-0.05, 0) is 62.4 Å². The molecule has 0 unspecified atom stereocenters. The van der Waals surface area contributed by atoms with Gasteiger partial charge >= 0.3 is 0 Å². The van der Waals surface area contributed by atoms with Crippen molar-refractivity contribution in [3.8, 4) is 22.3 Å². The van der Waals surface area contributed by atoms with E-state index in [-0.39, 0.29) is 11.8 Å². The molecular formula is C22H23N3OS. The Morgan fingerprint density at radius 3 is 2.78 bits per heavy atom. The summed E-state index contributed by atoms with van der Waals surface area (Å²) in [7, 11) is 1.72. The summed E-state index contributed by atoms with van der Waals surface area (Å²) in [5.41, 5.74) is 7.62. The van der Waals surface area contributed by atoms with Crippen LogP contribution in [-0.2, 0) is 10.3 Å². The normalized spacial score (nSPS) is 25.0. The number of carbonyl (C=O) groups is 1. The lowest BCUT2D eigenvalue weighted by Gasteiger charge is -2.40. The van der Waals surface area contributed by atoms with E-state index in [9.17, 15) is 4.79 Å². The van der Waals surface area contributed by atoms with E-state index in [2.05, 4.69) is 43.0 Å². The van der Waals surface area contributed by atoms with Crippen molar-refractivity contribution in [1.82, 2.24) is 4.90 Å². The van der Waals surface area contributed by atoms with Gasteiger partial charge in [-0.3, -0.25) is 9.69 Å². The number of amides is 1. The van der Waals surface area contributed by atoms with E-state index in [1.165, 1.54) is 4.90 Å². The van der Waals surface area contributed by atoms with Crippen LogP contribution >= 0.6 is 11.3 Å². The molecule has 2 atom stereocenters. The monoisotopic (exact) mass is 377 g/mol. The fourth-order valence-electron chi connectivity index (χ4n) is 3.90. The molecule has 5 heteroatoms. The zero-order chi connectivity index (χ0) is 19.2. The molecular weight excluding hydrogens is 354 g/mol. The number of carbonyl (C=O) groups excluding carboxylic acids is 1.